The summed E-state index contributed by atoms with van der Waals surface area (Å²) >= 11 is 0. The molecule has 0 radical (unpaired) electrons. The number of aryl methyl sites for hydroxylation is 1. The number of halogens is 5. The lowest BCUT2D eigenvalue weighted by molar-refractivity contribution is -0.158. The van der Waals surface area contributed by atoms with Crippen molar-refractivity contribution in [2.75, 3.05) is 18.0 Å². The number of carbonyl (C=O) groups excluding carboxylic acids is 1. The molecule has 28 heavy (non-hydrogen) atoms. The van der Waals surface area contributed by atoms with Crippen molar-refractivity contribution in [2.24, 2.45) is 5.92 Å². The largest absolute Gasteiger partial charge is 0.408 e. The zero-order valence-corrected chi connectivity index (χ0v) is 14.9. The minimum atomic E-state index is -4.55. The highest BCUT2D eigenvalue weighted by molar-refractivity contribution is 5.93. The Bertz CT molecular complexity index is 921. The quantitative estimate of drug-likeness (QED) is 0.798. The van der Waals surface area contributed by atoms with Gasteiger partial charge in [-0.05, 0) is 37.3 Å². The van der Waals surface area contributed by atoms with E-state index in [2.05, 4.69) is 10.1 Å². The molecule has 1 aliphatic carbocycles. The minimum absolute atomic E-state index is 0.0962. The normalized spacial score (nSPS) is 20.6. The van der Waals surface area contributed by atoms with Crippen molar-refractivity contribution in [1.82, 2.24) is 19.9 Å². The maximum absolute atomic E-state index is 13.5. The first-order valence-electron chi connectivity index (χ1n) is 8.91. The van der Waals surface area contributed by atoms with Crippen molar-refractivity contribution in [3.05, 3.63) is 23.5 Å². The summed E-state index contributed by atoms with van der Waals surface area (Å²) < 4.78 is 67.8. The molecule has 152 valence electrons. The molecule has 1 aliphatic heterocycles. The van der Waals surface area contributed by atoms with Crippen LogP contribution in [0.1, 0.15) is 35.3 Å². The Morgan fingerprint density at radius 1 is 1.36 bits per heavy atom. The summed E-state index contributed by atoms with van der Waals surface area (Å²) in [4.78, 5) is 18.0. The van der Waals surface area contributed by atoms with Crippen LogP contribution in [0.3, 0.4) is 0 Å². The summed E-state index contributed by atoms with van der Waals surface area (Å²) in [6, 6.07) is -0.346. The SMILES string of the molecule is Cc1cc(N2CCC(F)(F)C2)nn2c(C(=O)NC(C3CC3)C(F)(F)F)cnc12. The summed E-state index contributed by atoms with van der Waals surface area (Å²) in [6.45, 7) is 1.27. The summed E-state index contributed by atoms with van der Waals surface area (Å²) in [5.41, 5.74) is 0.699. The van der Waals surface area contributed by atoms with Gasteiger partial charge in [0.2, 0.25) is 0 Å². The standard InChI is InChI=1S/C17H18F5N5O/c1-9-6-12(26-5-4-16(18,19)8-26)25-27-11(7-23-14(9)27)15(28)24-13(10-2-3-10)17(20,21)22/h6-7,10,13H,2-5,8H2,1H3,(H,24,28). The minimum Gasteiger partial charge on any atom is -0.349 e. The van der Waals surface area contributed by atoms with Gasteiger partial charge < -0.3 is 10.2 Å². The van der Waals surface area contributed by atoms with Crippen LogP contribution >= 0.6 is 0 Å². The lowest BCUT2D eigenvalue weighted by atomic mass is 10.1. The highest BCUT2D eigenvalue weighted by atomic mass is 19.4. The van der Waals surface area contributed by atoms with Crippen molar-refractivity contribution >= 4 is 17.4 Å². The van der Waals surface area contributed by atoms with Crippen molar-refractivity contribution in [3.8, 4) is 0 Å². The number of imidazole rings is 1. The fourth-order valence-corrected chi connectivity index (χ4v) is 3.46. The van der Waals surface area contributed by atoms with Gasteiger partial charge in [0.1, 0.15) is 11.9 Å². The van der Waals surface area contributed by atoms with Gasteiger partial charge in [-0.3, -0.25) is 4.79 Å². The van der Waals surface area contributed by atoms with Gasteiger partial charge in [0.15, 0.2) is 11.3 Å². The molecule has 1 saturated heterocycles. The maximum atomic E-state index is 13.5. The molecule has 0 aromatic carbocycles. The van der Waals surface area contributed by atoms with E-state index >= 15 is 0 Å². The molecule has 2 aromatic heterocycles. The van der Waals surface area contributed by atoms with Gasteiger partial charge in [-0.25, -0.2) is 18.3 Å². The van der Waals surface area contributed by atoms with Crippen LogP contribution < -0.4 is 10.2 Å². The van der Waals surface area contributed by atoms with E-state index in [0.29, 0.717) is 18.4 Å². The first-order chi connectivity index (χ1) is 13.0. The third-order valence-corrected chi connectivity index (χ3v) is 5.10. The molecule has 1 saturated carbocycles. The molecule has 2 aromatic rings. The number of fused-ring (bicyclic) bond motifs is 1. The number of nitrogens with zero attached hydrogens (tertiary/aromatic N) is 4. The zero-order valence-electron chi connectivity index (χ0n) is 14.9. The molecular formula is C17H18F5N5O. The summed E-state index contributed by atoms with van der Waals surface area (Å²) in [7, 11) is 0. The average molecular weight is 403 g/mol. The molecule has 2 aliphatic rings. The van der Waals surface area contributed by atoms with Crippen molar-refractivity contribution in [2.45, 2.75) is 44.3 Å². The van der Waals surface area contributed by atoms with E-state index in [9.17, 15) is 26.7 Å². The lowest BCUT2D eigenvalue weighted by Crippen LogP contribution is -2.47. The Balaban J connectivity index is 1.65. The number of hydrogen-bond acceptors (Lipinski definition) is 4. The van der Waals surface area contributed by atoms with E-state index in [0.717, 1.165) is 10.7 Å². The van der Waals surface area contributed by atoms with Crippen molar-refractivity contribution < 1.29 is 26.7 Å². The molecule has 6 nitrogen and oxygen atoms in total. The molecule has 3 heterocycles. The Morgan fingerprint density at radius 2 is 2.07 bits per heavy atom. The van der Waals surface area contributed by atoms with Crippen LogP contribution in [0.15, 0.2) is 12.3 Å². The first kappa shape index (κ1) is 18.9. The van der Waals surface area contributed by atoms with E-state index in [1.165, 1.54) is 4.90 Å². The summed E-state index contributed by atoms with van der Waals surface area (Å²) in [5.74, 6) is -4.18. The van der Waals surface area contributed by atoms with Crippen molar-refractivity contribution in [1.29, 1.82) is 0 Å². The van der Waals surface area contributed by atoms with E-state index in [-0.39, 0.29) is 30.1 Å². The summed E-state index contributed by atoms with van der Waals surface area (Å²) in [6.07, 6.45) is -2.90. The molecule has 0 spiro atoms. The molecule has 1 unspecified atom stereocenters. The van der Waals surface area contributed by atoms with Crippen LogP contribution in [0.5, 0.6) is 0 Å². The van der Waals surface area contributed by atoms with Crippen LogP contribution in [-0.2, 0) is 0 Å². The van der Waals surface area contributed by atoms with E-state index in [1.54, 1.807) is 13.0 Å². The Morgan fingerprint density at radius 3 is 2.64 bits per heavy atom. The topological polar surface area (TPSA) is 62.5 Å². The number of aromatic nitrogens is 3. The maximum Gasteiger partial charge on any atom is 0.408 e. The monoisotopic (exact) mass is 403 g/mol. The van der Waals surface area contributed by atoms with Gasteiger partial charge in [0.25, 0.3) is 11.8 Å². The number of carbonyl (C=O) groups is 1. The van der Waals surface area contributed by atoms with Gasteiger partial charge in [-0.15, -0.1) is 5.10 Å². The molecule has 2 fully saturated rings. The molecule has 0 bridgehead atoms. The predicted molar refractivity (Wildman–Crippen MR) is 89.5 cm³/mol. The number of amides is 1. The molecule has 1 N–H and O–H groups in total. The molecule has 4 rings (SSSR count). The number of alkyl halides is 5. The first-order valence-corrected chi connectivity index (χ1v) is 8.91. The van der Waals surface area contributed by atoms with Crippen LogP contribution in [0.4, 0.5) is 27.8 Å². The van der Waals surface area contributed by atoms with Crippen LogP contribution in [0.25, 0.3) is 5.65 Å². The highest BCUT2D eigenvalue weighted by Crippen LogP contribution is 2.40. The fourth-order valence-electron chi connectivity index (χ4n) is 3.46. The molecular weight excluding hydrogens is 385 g/mol. The smallest absolute Gasteiger partial charge is 0.349 e. The third kappa shape index (κ3) is 3.49. The second-order valence-electron chi connectivity index (χ2n) is 7.42. The third-order valence-electron chi connectivity index (χ3n) is 5.10. The van der Waals surface area contributed by atoms with Crippen LogP contribution in [-0.4, -0.2) is 51.7 Å². The van der Waals surface area contributed by atoms with Gasteiger partial charge in [0, 0.05) is 13.0 Å². The number of rotatable bonds is 4. The Kier molecular flexibility index (Phi) is 4.23. The summed E-state index contributed by atoms with van der Waals surface area (Å²) in [5, 5.41) is 6.24. The number of nitrogens with one attached hydrogen (secondary N) is 1. The van der Waals surface area contributed by atoms with Gasteiger partial charge in [-0.2, -0.15) is 13.2 Å². The fraction of sp³-hybridized carbons (Fsp3) is 0.588. The number of hydrogen-bond donors (Lipinski definition) is 1. The zero-order chi connectivity index (χ0) is 20.3. The van der Waals surface area contributed by atoms with Gasteiger partial charge in [0.05, 0.1) is 12.7 Å². The molecule has 11 heteroatoms. The van der Waals surface area contributed by atoms with Crippen LogP contribution in [0, 0.1) is 12.8 Å². The Hall–Kier alpha value is -2.46. The lowest BCUT2D eigenvalue weighted by Gasteiger charge is -2.21. The van der Waals surface area contributed by atoms with Crippen molar-refractivity contribution in [3.63, 3.8) is 0 Å². The number of anilines is 1. The second kappa shape index (κ2) is 6.28. The van der Waals surface area contributed by atoms with E-state index < -0.39 is 36.5 Å². The van der Waals surface area contributed by atoms with Gasteiger partial charge in [-0.1, -0.05) is 0 Å². The molecule has 1 amide bonds. The highest BCUT2D eigenvalue weighted by Gasteiger charge is 2.50. The molecule has 1 atom stereocenters. The Labute approximate surface area is 156 Å². The van der Waals surface area contributed by atoms with Gasteiger partial charge >= 0.3 is 6.18 Å². The van der Waals surface area contributed by atoms with E-state index in [4.69, 9.17) is 0 Å². The average Bonchev–Trinajstić information content (AvgIpc) is 3.21. The van der Waals surface area contributed by atoms with E-state index in [1.807, 2.05) is 5.32 Å². The second-order valence-corrected chi connectivity index (χ2v) is 7.42. The predicted octanol–water partition coefficient (Wildman–Crippen LogP) is 2.95. The van der Waals surface area contributed by atoms with Crippen LogP contribution in [0.2, 0.25) is 0 Å².